The first kappa shape index (κ1) is 14.6. The number of carbonyl (C=O) groups is 1. The lowest BCUT2D eigenvalue weighted by molar-refractivity contribution is -0.122. The SMILES string of the molecule is CN1CCC(NC(=O)Cn2nnc3ccccc3c2=O)CC1. The number of amides is 1. The highest BCUT2D eigenvalue weighted by Crippen LogP contribution is 2.08. The molecule has 116 valence electrons. The first-order chi connectivity index (χ1) is 10.6. The van der Waals surface area contributed by atoms with Crippen LogP contribution in [0.1, 0.15) is 12.8 Å². The number of nitrogens with one attached hydrogen (secondary N) is 1. The molecule has 1 fully saturated rings. The predicted octanol–water partition coefficient (Wildman–Crippen LogP) is 0.00190. The molecule has 1 aromatic carbocycles. The standard InChI is InChI=1S/C15H19N5O2/c1-19-8-6-11(7-9-19)16-14(21)10-20-15(22)12-4-2-3-5-13(12)17-18-20/h2-5,11H,6-10H2,1H3,(H,16,21). The van der Waals surface area contributed by atoms with Gasteiger partial charge < -0.3 is 10.2 Å². The van der Waals surface area contributed by atoms with Gasteiger partial charge >= 0.3 is 0 Å². The van der Waals surface area contributed by atoms with Crippen molar-refractivity contribution in [3.8, 4) is 0 Å². The minimum atomic E-state index is -0.288. The van der Waals surface area contributed by atoms with Crippen molar-refractivity contribution in [3.63, 3.8) is 0 Å². The minimum absolute atomic E-state index is 0.0942. The Morgan fingerprint density at radius 1 is 1.32 bits per heavy atom. The molecule has 1 N–H and O–H groups in total. The maximum absolute atomic E-state index is 12.3. The fourth-order valence-corrected chi connectivity index (χ4v) is 2.69. The first-order valence-electron chi connectivity index (χ1n) is 7.44. The first-order valence-corrected chi connectivity index (χ1v) is 7.44. The molecule has 0 spiro atoms. The van der Waals surface area contributed by atoms with Crippen molar-refractivity contribution in [2.75, 3.05) is 20.1 Å². The van der Waals surface area contributed by atoms with Gasteiger partial charge in [-0.3, -0.25) is 9.59 Å². The molecular formula is C15H19N5O2. The second-order valence-electron chi connectivity index (χ2n) is 5.71. The Balaban J connectivity index is 1.69. The third-order valence-corrected chi connectivity index (χ3v) is 4.01. The van der Waals surface area contributed by atoms with Crippen molar-refractivity contribution in [2.24, 2.45) is 0 Å². The fraction of sp³-hybridized carbons (Fsp3) is 0.467. The normalized spacial score (nSPS) is 16.8. The van der Waals surface area contributed by atoms with Crippen LogP contribution in [-0.2, 0) is 11.3 Å². The van der Waals surface area contributed by atoms with Gasteiger partial charge in [-0.15, -0.1) is 5.10 Å². The highest BCUT2D eigenvalue weighted by molar-refractivity contribution is 5.78. The molecule has 7 nitrogen and oxygen atoms in total. The molecule has 2 heterocycles. The van der Waals surface area contributed by atoms with Crippen LogP contribution in [0.3, 0.4) is 0 Å². The molecule has 22 heavy (non-hydrogen) atoms. The largest absolute Gasteiger partial charge is 0.352 e. The molecular weight excluding hydrogens is 282 g/mol. The van der Waals surface area contributed by atoms with Gasteiger partial charge in [0.15, 0.2) is 0 Å². The highest BCUT2D eigenvalue weighted by atomic mass is 16.2. The number of fused-ring (bicyclic) bond motifs is 1. The molecule has 0 radical (unpaired) electrons. The van der Waals surface area contributed by atoms with Gasteiger partial charge in [-0.05, 0) is 45.1 Å². The lowest BCUT2D eigenvalue weighted by Gasteiger charge is -2.29. The summed E-state index contributed by atoms with van der Waals surface area (Å²) in [6.45, 7) is 1.85. The van der Waals surface area contributed by atoms with E-state index in [0.717, 1.165) is 30.6 Å². The van der Waals surface area contributed by atoms with Gasteiger partial charge in [-0.1, -0.05) is 17.3 Å². The Morgan fingerprint density at radius 2 is 2.05 bits per heavy atom. The molecule has 1 aliphatic heterocycles. The van der Waals surface area contributed by atoms with Crippen LogP contribution < -0.4 is 10.9 Å². The van der Waals surface area contributed by atoms with Gasteiger partial charge in [0.1, 0.15) is 12.1 Å². The Bertz CT molecular complexity index is 734. The Hall–Kier alpha value is -2.28. The quantitative estimate of drug-likeness (QED) is 0.863. The zero-order valence-corrected chi connectivity index (χ0v) is 12.5. The molecule has 2 aromatic rings. The topological polar surface area (TPSA) is 80.1 Å². The van der Waals surface area contributed by atoms with Gasteiger partial charge in [0, 0.05) is 6.04 Å². The summed E-state index contributed by atoms with van der Waals surface area (Å²) >= 11 is 0. The van der Waals surface area contributed by atoms with E-state index >= 15 is 0 Å². The summed E-state index contributed by atoms with van der Waals surface area (Å²) in [6, 6.07) is 7.17. The molecule has 7 heteroatoms. The van der Waals surface area contributed by atoms with Crippen molar-refractivity contribution < 1.29 is 4.79 Å². The number of rotatable bonds is 3. The van der Waals surface area contributed by atoms with Crippen molar-refractivity contribution >= 4 is 16.8 Å². The van der Waals surface area contributed by atoms with Crippen LogP contribution >= 0.6 is 0 Å². The molecule has 0 bridgehead atoms. The summed E-state index contributed by atoms with van der Waals surface area (Å²) < 4.78 is 1.12. The van der Waals surface area contributed by atoms with Gasteiger partial charge in [0.2, 0.25) is 5.91 Å². The lowest BCUT2D eigenvalue weighted by Crippen LogP contribution is -2.45. The van der Waals surface area contributed by atoms with Crippen LogP contribution in [0.5, 0.6) is 0 Å². The number of piperidine rings is 1. The lowest BCUT2D eigenvalue weighted by atomic mass is 10.1. The van der Waals surface area contributed by atoms with Crippen LogP contribution in [0.4, 0.5) is 0 Å². The zero-order valence-electron chi connectivity index (χ0n) is 12.5. The van der Waals surface area contributed by atoms with Gasteiger partial charge in [0.05, 0.1) is 5.39 Å². The third kappa shape index (κ3) is 3.14. The van der Waals surface area contributed by atoms with E-state index in [1.165, 1.54) is 0 Å². The fourth-order valence-electron chi connectivity index (χ4n) is 2.69. The van der Waals surface area contributed by atoms with Crippen LogP contribution in [0.2, 0.25) is 0 Å². The molecule has 1 saturated heterocycles. The number of hydrogen-bond acceptors (Lipinski definition) is 5. The maximum Gasteiger partial charge on any atom is 0.278 e. The number of nitrogens with zero attached hydrogens (tertiary/aromatic N) is 4. The van der Waals surface area contributed by atoms with E-state index in [1.54, 1.807) is 24.3 Å². The molecule has 0 unspecified atom stereocenters. The average Bonchev–Trinajstić information content (AvgIpc) is 2.53. The van der Waals surface area contributed by atoms with Crippen LogP contribution in [0.15, 0.2) is 29.1 Å². The molecule has 0 saturated carbocycles. The van der Waals surface area contributed by atoms with E-state index in [1.807, 2.05) is 0 Å². The van der Waals surface area contributed by atoms with E-state index in [9.17, 15) is 9.59 Å². The van der Waals surface area contributed by atoms with E-state index < -0.39 is 0 Å². The van der Waals surface area contributed by atoms with E-state index in [0.29, 0.717) is 10.9 Å². The van der Waals surface area contributed by atoms with Gasteiger partial charge in [-0.2, -0.15) is 0 Å². The molecule has 1 aromatic heterocycles. The minimum Gasteiger partial charge on any atom is -0.352 e. The Morgan fingerprint density at radius 3 is 2.82 bits per heavy atom. The summed E-state index contributed by atoms with van der Waals surface area (Å²) in [5.41, 5.74) is 0.253. The Labute approximate surface area is 127 Å². The molecule has 3 rings (SSSR count). The van der Waals surface area contributed by atoms with Crippen molar-refractivity contribution in [2.45, 2.75) is 25.4 Å². The third-order valence-electron chi connectivity index (χ3n) is 4.01. The molecule has 0 aliphatic carbocycles. The summed E-state index contributed by atoms with van der Waals surface area (Å²) in [7, 11) is 2.07. The predicted molar refractivity (Wildman–Crippen MR) is 82.5 cm³/mol. The summed E-state index contributed by atoms with van der Waals surface area (Å²) in [5.74, 6) is -0.193. The van der Waals surface area contributed by atoms with Gasteiger partial charge in [-0.25, -0.2) is 4.68 Å². The zero-order chi connectivity index (χ0) is 15.5. The van der Waals surface area contributed by atoms with Gasteiger partial charge in [0.25, 0.3) is 5.56 Å². The second-order valence-corrected chi connectivity index (χ2v) is 5.71. The van der Waals surface area contributed by atoms with Crippen LogP contribution in [-0.4, -0.2) is 52.0 Å². The van der Waals surface area contributed by atoms with Crippen LogP contribution in [0, 0.1) is 0 Å². The molecule has 1 amide bonds. The van der Waals surface area contributed by atoms with Crippen molar-refractivity contribution in [3.05, 3.63) is 34.6 Å². The van der Waals surface area contributed by atoms with E-state index in [4.69, 9.17) is 0 Å². The van der Waals surface area contributed by atoms with E-state index in [-0.39, 0.29) is 24.1 Å². The second kappa shape index (κ2) is 6.23. The maximum atomic E-state index is 12.3. The molecule has 0 atom stereocenters. The number of benzene rings is 1. The number of aromatic nitrogens is 3. The average molecular weight is 301 g/mol. The van der Waals surface area contributed by atoms with E-state index in [2.05, 4.69) is 27.6 Å². The summed E-state index contributed by atoms with van der Waals surface area (Å²) in [4.78, 5) is 26.6. The van der Waals surface area contributed by atoms with Crippen LogP contribution in [0.25, 0.3) is 10.9 Å². The number of carbonyl (C=O) groups excluding carboxylic acids is 1. The van der Waals surface area contributed by atoms with Crippen molar-refractivity contribution in [1.82, 2.24) is 25.2 Å². The smallest absolute Gasteiger partial charge is 0.278 e. The highest BCUT2D eigenvalue weighted by Gasteiger charge is 2.19. The monoisotopic (exact) mass is 301 g/mol. The molecule has 1 aliphatic rings. The summed E-state index contributed by atoms with van der Waals surface area (Å²) in [5, 5.41) is 11.3. The Kier molecular flexibility index (Phi) is 4.15. The van der Waals surface area contributed by atoms with Crippen molar-refractivity contribution in [1.29, 1.82) is 0 Å². The number of likely N-dealkylation sites (tertiary alicyclic amines) is 1. The number of hydrogen-bond donors (Lipinski definition) is 1. The summed E-state index contributed by atoms with van der Waals surface area (Å²) in [6.07, 6.45) is 1.86.